The number of nitrogens with one attached hydrogen (secondary N) is 1. The van der Waals surface area contributed by atoms with Gasteiger partial charge in [0.15, 0.2) is 0 Å². The molecule has 94 valence electrons. The zero-order chi connectivity index (χ0) is 13.1. The Hall–Kier alpha value is -1.55. The van der Waals surface area contributed by atoms with Crippen LogP contribution in [-0.2, 0) is 4.79 Å². The Kier molecular flexibility index (Phi) is 4.12. The third kappa shape index (κ3) is 3.75. The summed E-state index contributed by atoms with van der Waals surface area (Å²) in [4.78, 5) is 11.7. The number of benzene rings is 1. The molecule has 0 aromatic heterocycles. The second-order valence-corrected chi connectivity index (χ2v) is 4.69. The van der Waals surface area contributed by atoms with Crippen LogP contribution in [0, 0.1) is 0 Å². The third-order valence-electron chi connectivity index (χ3n) is 2.53. The van der Waals surface area contributed by atoms with Gasteiger partial charge in [0.2, 0.25) is 5.91 Å². The Morgan fingerprint density at radius 1 is 1.47 bits per heavy atom. The predicted molar refractivity (Wildman–Crippen MR) is 67.8 cm³/mol. The molecule has 0 aliphatic carbocycles. The second-order valence-electron chi connectivity index (χ2n) is 4.69. The molecule has 0 unspecified atom stereocenters. The van der Waals surface area contributed by atoms with Crippen molar-refractivity contribution in [2.45, 2.75) is 32.4 Å². The molecule has 0 heterocycles. The summed E-state index contributed by atoms with van der Waals surface area (Å²) in [6.07, 6.45) is 0. The molecule has 0 saturated carbocycles. The molecule has 0 aliphatic heterocycles. The lowest BCUT2D eigenvalue weighted by Crippen LogP contribution is -2.49. The van der Waals surface area contributed by atoms with E-state index in [0.717, 1.165) is 11.3 Å². The number of carbonyl (C=O) groups is 1. The van der Waals surface area contributed by atoms with Crippen LogP contribution in [0.5, 0.6) is 5.75 Å². The third-order valence-corrected chi connectivity index (χ3v) is 2.53. The van der Waals surface area contributed by atoms with Gasteiger partial charge in [0.05, 0.1) is 18.7 Å². The molecule has 0 radical (unpaired) electrons. The Balaban J connectivity index is 2.76. The van der Waals surface area contributed by atoms with Crippen LogP contribution in [0.4, 0.5) is 0 Å². The Morgan fingerprint density at radius 3 is 2.65 bits per heavy atom. The fourth-order valence-corrected chi connectivity index (χ4v) is 1.38. The zero-order valence-electron chi connectivity index (χ0n) is 10.8. The number of nitrogens with two attached hydrogens (primary N) is 1. The van der Waals surface area contributed by atoms with E-state index in [-0.39, 0.29) is 11.9 Å². The highest BCUT2D eigenvalue weighted by Crippen LogP contribution is 2.19. The molecule has 1 atom stereocenters. The number of hydrogen-bond acceptors (Lipinski definition) is 3. The first-order valence-corrected chi connectivity index (χ1v) is 5.58. The van der Waals surface area contributed by atoms with Gasteiger partial charge in [0.25, 0.3) is 0 Å². The smallest absolute Gasteiger partial charge is 0.239 e. The number of rotatable bonds is 4. The highest BCUT2D eigenvalue weighted by molar-refractivity contribution is 5.85. The molecule has 1 amide bonds. The van der Waals surface area contributed by atoms with Crippen molar-refractivity contribution in [2.75, 3.05) is 7.11 Å². The van der Waals surface area contributed by atoms with Crippen LogP contribution >= 0.6 is 0 Å². The zero-order valence-corrected chi connectivity index (χ0v) is 10.8. The Bertz CT molecular complexity index is 397. The molecule has 1 aromatic carbocycles. The van der Waals surface area contributed by atoms with E-state index in [0.29, 0.717) is 0 Å². The minimum atomic E-state index is -0.868. The van der Waals surface area contributed by atoms with E-state index < -0.39 is 5.54 Å². The molecule has 17 heavy (non-hydrogen) atoms. The monoisotopic (exact) mass is 236 g/mol. The van der Waals surface area contributed by atoms with Crippen LogP contribution in [0.2, 0.25) is 0 Å². The molecule has 1 rings (SSSR count). The van der Waals surface area contributed by atoms with Crippen molar-refractivity contribution in [2.24, 2.45) is 5.73 Å². The molecule has 0 fully saturated rings. The lowest BCUT2D eigenvalue weighted by atomic mass is 10.0. The van der Waals surface area contributed by atoms with Gasteiger partial charge in [-0.3, -0.25) is 4.79 Å². The lowest BCUT2D eigenvalue weighted by Gasteiger charge is -2.22. The fourth-order valence-electron chi connectivity index (χ4n) is 1.38. The second kappa shape index (κ2) is 5.19. The summed E-state index contributed by atoms with van der Waals surface area (Å²) in [6.45, 7) is 5.28. The van der Waals surface area contributed by atoms with Crippen LogP contribution in [-0.4, -0.2) is 18.6 Å². The number of methoxy groups -OCH3 is 1. The average Bonchev–Trinajstić information content (AvgIpc) is 2.27. The number of carbonyl (C=O) groups excluding carboxylic acids is 1. The standard InChI is InChI=1S/C13H20N2O2/c1-9(15-12(16)13(2,3)14)10-6-5-7-11(8-10)17-4/h5-9H,14H2,1-4H3,(H,15,16)/t9-/m0/s1. The summed E-state index contributed by atoms with van der Waals surface area (Å²) in [7, 11) is 1.62. The maximum absolute atomic E-state index is 11.7. The quantitative estimate of drug-likeness (QED) is 0.834. The summed E-state index contributed by atoms with van der Waals surface area (Å²) < 4.78 is 5.14. The molecule has 1 aromatic rings. The number of hydrogen-bond donors (Lipinski definition) is 2. The van der Waals surface area contributed by atoms with E-state index >= 15 is 0 Å². The highest BCUT2D eigenvalue weighted by Gasteiger charge is 2.23. The lowest BCUT2D eigenvalue weighted by molar-refractivity contribution is -0.125. The van der Waals surface area contributed by atoms with Gasteiger partial charge in [0.1, 0.15) is 5.75 Å². The first-order chi connectivity index (χ1) is 7.84. The van der Waals surface area contributed by atoms with Crippen molar-refractivity contribution in [3.8, 4) is 5.75 Å². The molecule has 0 saturated heterocycles. The number of ether oxygens (including phenoxy) is 1. The van der Waals surface area contributed by atoms with Crippen molar-refractivity contribution in [1.29, 1.82) is 0 Å². The van der Waals surface area contributed by atoms with Gasteiger partial charge in [-0.15, -0.1) is 0 Å². The molecular formula is C13H20N2O2. The minimum Gasteiger partial charge on any atom is -0.497 e. The molecule has 4 heteroatoms. The number of amides is 1. The van der Waals surface area contributed by atoms with Gasteiger partial charge >= 0.3 is 0 Å². The topological polar surface area (TPSA) is 64.3 Å². The van der Waals surface area contributed by atoms with Crippen LogP contribution in [0.25, 0.3) is 0 Å². The predicted octanol–water partition coefficient (Wildman–Crippen LogP) is 1.61. The van der Waals surface area contributed by atoms with Crippen molar-refractivity contribution >= 4 is 5.91 Å². The highest BCUT2D eigenvalue weighted by atomic mass is 16.5. The van der Waals surface area contributed by atoms with Crippen molar-refractivity contribution in [3.05, 3.63) is 29.8 Å². The van der Waals surface area contributed by atoms with Crippen LogP contribution in [0.15, 0.2) is 24.3 Å². The summed E-state index contributed by atoms with van der Waals surface area (Å²) in [5.41, 5.74) is 5.84. The van der Waals surface area contributed by atoms with Crippen molar-refractivity contribution in [3.63, 3.8) is 0 Å². The van der Waals surface area contributed by atoms with Crippen molar-refractivity contribution in [1.82, 2.24) is 5.32 Å². The molecular weight excluding hydrogens is 216 g/mol. The summed E-state index contributed by atoms with van der Waals surface area (Å²) in [5, 5.41) is 2.87. The first kappa shape index (κ1) is 13.5. The van der Waals surface area contributed by atoms with Gasteiger partial charge < -0.3 is 15.8 Å². The fraction of sp³-hybridized carbons (Fsp3) is 0.462. The molecule has 0 bridgehead atoms. The molecule has 3 N–H and O–H groups in total. The minimum absolute atomic E-state index is 0.0968. The van der Waals surface area contributed by atoms with E-state index in [1.807, 2.05) is 31.2 Å². The normalized spacial score (nSPS) is 13.0. The van der Waals surface area contributed by atoms with E-state index in [1.165, 1.54) is 0 Å². The van der Waals surface area contributed by atoms with E-state index in [2.05, 4.69) is 5.32 Å². The van der Waals surface area contributed by atoms with Gasteiger partial charge in [0, 0.05) is 0 Å². The maximum Gasteiger partial charge on any atom is 0.239 e. The average molecular weight is 236 g/mol. The van der Waals surface area contributed by atoms with Crippen LogP contribution in [0.1, 0.15) is 32.4 Å². The molecule has 0 aliphatic rings. The van der Waals surface area contributed by atoms with Gasteiger partial charge in [-0.1, -0.05) is 12.1 Å². The van der Waals surface area contributed by atoms with E-state index in [9.17, 15) is 4.79 Å². The first-order valence-electron chi connectivity index (χ1n) is 5.58. The molecule has 0 spiro atoms. The SMILES string of the molecule is COc1cccc([C@H](C)NC(=O)C(C)(C)N)c1. The maximum atomic E-state index is 11.7. The van der Waals surface area contributed by atoms with Gasteiger partial charge in [-0.25, -0.2) is 0 Å². The Morgan fingerprint density at radius 2 is 2.12 bits per heavy atom. The Labute approximate surface area is 102 Å². The molecule has 4 nitrogen and oxygen atoms in total. The van der Waals surface area contributed by atoms with Crippen LogP contribution in [0.3, 0.4) is 0 Å². The largest absolute Gasteiger partial charge is 0.497 e. The van der Waals surface area contributed by atoms with E-state index in [4.69, 9.17) is 10.5 Å². The summed E-state index contributed by atoms with van der Waals surface area (Å²) in [5.74, 6) is 0.600. The van der Waals surface area contributed by atoms with Gasteiger partial charge in [-0.05, 0) is 38.5 Å². The van der Waals surface area contributed by atoms with Gasteiger partial charge in [-0.2, -0.15) is 0 Å². The van der Waals surface area contributed by atoms with Crippen LogP contribution < -0.4 is 15.8 Å². The van der Waals surface area contributed by atoms with E-state index in [1.54, 1.807) is 21.0 Å². The summed E-state index contributed by atoms with van der Waals surface area (Å²) >= 11 is 0. The van der Waals surface area contributed by atoms with Crippen molar-refractivity contribution < 1.29 is 9.53 Å². The summed E-state index contributed by atoms with van der Waals surface area (Å²) in [6, 6.07) is 7.50.